The number of amides is 1. The molecule has 4 rings (SSSR count). The maximum atomic E-state index is 12.4. The summed E-state index contributed by atoms with van der Waals surface area (Å²) in [6, 6.07) is -0.0429. The van der Waals surface area contributed by atoms with Crippen LogP contribution in [-0.2, 0) is 19.1 Å². The molecular formula is C22H35NO4. The highest BCUT2D eigenvalue weighted by atomic mass is 16.6. The third-order valence-corrected chi connectivity index (χ3v) is 6.96. The van der Waals surface area contributed by atoms with Gasteiger partial charge in [-0.25, -0.2) is 0 Å². The number of unbranched alkanes of at least 4 members (excludes halogenated alkanes) is 1. The summed E-state index contributed by atoms with van der Waals surface area (Å²) in [7, 11) is 0. The van der Waals surface area contributed by atoms with Crippen LogP contribution in [0.4, 0.5) is 0 Å². The summed E-state index contributed by atoms with van der Waals surface area (Å²) in [6.45, 7) is 1.10. The molecule has 0 radical (unpaired) electrons. The van der Waals surface area contributed by atoms with Crippen LogP contribution in [0.1, 0.15) is 77.0 Å². The summed E-state index contributed by atoms with van der Waals surface area (Å²) in [5, 5.41) is 3.09. The normalized spacial score (nSPS) is 33.8. The van der Waals surface area contributed by atoms with Gasteiger partial charge in [0.15, 0.2) is 0 Å². The molecule has 4 fully saturated rings. The van der Waals surface area contributed by atoms with Crippen molar-refractivity contribution in [2.75, 3.05) is 13.2 Å². The van der Waals surface area contributed by atoms with Crippen molar-refractivity contribution < 1.29 is 19.1 Å². The molecular weight excluding hydrogens is 342 g/mol. The first-order chi connectivity index (χ1) is 13.2. The van der Waals surface area contributed by atoms with Gasteiger partial charge in [-0.05, 0) is 25.2 Å². The predicted molar refractivity (Wildman–Crippen MR) is 102 cm³/mol. The van der Waals surface area contributed by atoms with Crippen molar-refractivity contribution in [1.29, 1.82) is 0 Å². The molecule has 0 aromatic heterocycles. The van der Waals surface area contributed by atoms with Gasteiger partial charge in [0.05, 0.1) is 25.4 Å². The van der Waals surface area contributed by atoms with Crippen LogP contribution in [0.3, 0.4) is 0 Å². The number of rotatable bonds is 9. The Morgan fingerprint density at radius 3 is 2.44 bits per heavy atom. The summed E-state index contributed by atoms with van der Waals surface area (Å²) in [5.74, 6) is 1.76. The maximum Gasteiger partial charge on any atom is 0.223 e. The van der Waals surface area contributed by atoms with E-state index >= 15 is 0 Å². The third-order valence-electron chi connectivity index (χ3n) is 6.96. The summed E-state index contributed by atoms with van der Waals surface area (Å²) in [6.07, 6.45) is 13.7. The summed E-state index contributed by atoms with van der Waals surface area (Å²) in [5.41, 5.74) is 0. The highest BCUT2D eigenvalue weighted by molar-refractivity contribution is 5.81. The zero-order chi connectivity index (χ0) is 18.6. The summed E-state index contributed by atoms with van der Waals surface area (Å²) < 4.78 is 11.8. The van der Waals surface area contributed by atoms with Gasteiger partial charge in [0.2, 0.25) is 5.91 Å². The molecule has 2 aliphatic carbocycles. The first kappa shape index (κ1) is 19.4. The molecule has 4 atom stereocenters. The second kappa shape index (κ2) is 9.04. The van der Waals surface area contributed by atoms with E-state index in [0.29, 0.717) is 31.8 Å². The van der Waals surface area contributed by atoms with Crippen LogP contribution in [0, 0.1) is 17.8 Å². The van der Waals surface area contributed by atoms with Crippen molar-refractivity contribution in [1.82, 2.24) is 5.32 Å². The largest absolute Gasteiger partial charge is 0.373 e. The SMILES string of the molecule is O=C(CCCCC1CCCCC1)C[C@H]1CO[C@H]2[C@@H]1OC[C@@H]2NC(=O)C1CC1. The Hall–Kier alpha value is -0.940. The maximum absolute atomic E-state index is 12.4. The van der Waals surface area contributed by atoms with Crippen LogP contribution >= 0.6 is 0 Å². The van der Waals surface area contributed by atoms with Gasteiger partial charge in [-0.3, -0.25) is 9.59 Å². The minimum atomic E-state index is -0.0724. The molecule has 5 nitrogen and oxygen atoms in total. The number of Topliss-reactive ketones (excluding diaryl/α,β-unsaturated/α-hetero) is 1. The topological polar surface area (TPSA) is 64.6 Å². The molecule has 1 amide bonds. The van der Waals surface area contributed by atoms with Gasteiger partial charge in [-0.1, -0.05) is 44.9 Å². The molecule has 2 heterocycles. The van der Waals surface area contributed by atoms with Crippen molar-refractivity contribution >= 4 is 11.7 Å². The van der Waals surface area contributed by atoms with Gasteiger partial charge in [0.25, 0.3) is 0 Å². The number of fused-ring (bicyclic) bond motifs is 1. The van der Waals surface area contributed by atoms with Crippen molar-refractivity contribution in [2.24, 2.45) is 17.8 Å². The average molecular weight is 378 g/mol. The fourth-order valence-electron chi connectivity index (χ4n) is 5.15. The fraction of sp³-hybridized carbons (Fsp3) is 0.909. The minimum Gasteiger partial charge on any atom is -0.373 e. The van der Waals surface area contributed by atoms with Gasteiger partial charge < -0.3 is 14.8 Å². The lowest BCUT2D eigenvalue weighted by atomic mass is 9.85. The Morgan fingerprint density at radius 1 is 0.889 bits per heavy atom. The van der Waals surface area contributed by atoms with Gasteiger partial charge >= 0.3 is 0 Å². The average Bonchev–Trinajstić information content (AvgIpc) is 3.35. The number of hydrogen-bond acceptors (Lipinski definition) is 4. The Balaban J connectivity index is 1.13. The van der Waals surface area contributed by atoms with Gasteiger partial charge in [-0.15, -0.1) is 0 Å². The summed E-state index contributed by atoms with van der Waals surface area (Å²) >= 11 is 0. The second-order valence-corrected chi connectivity index (χ2v) is 9.24. The van der Waals surface area contributed by atoms with Crippen molar-refractivity contribution in [2.45, 2.75) is 95.3 Å². The van der Waals surface area contributed by atoms with Crippen molar-refractivity contribution in [3.05, 3.63) is 0 Å². The molecule has 0 bridgehead atoms. The Labute approximate surface area is 162 Å². The quantitative estimate of drug-likeness (QED) is 0.626. The summed E-state index contributed by atoms with van der Waals surface area (Å²) in [4.78, 5) is 24.4. The van der Waals surface area contributed by atoms with E-state index in [4.69, 9.17) is 9.47 Å². The number of ether oxygens (including phenoxy) is 2. The van der Waals surface area contributed by atoms with Crippen LogP contribution in [-0.4, -0.2) is 43.2 Å². The molecule has 2 aliphatic heterocycles. The second-order valence-electron chi connectivity index (χ2n) is 9.24. The van der Waals surface area contributed by atoms with E-state index in [0.717, 1.165) is 25.2 Å². The lowest BCUT2D eigenvalue weighted by molar-refractivity contribution is -0.123. The Bertz CT molecular complexity index is 526. The molecule has 0 aromatic rings. The zero-order valence-electron chi connectivity index (χ0n) is 16.5. The van der Waals surface area contributed by atoms with Crippen LogP contribution < -0.4 is 5.32 Å². The monoisotopic (exact) mass is 377 g/mol. The molecule has 0 unspecified atom stereocenters. The van der Waals surface area contributed by atoms with E-state index in [1.807, 2.05) is 0 Å². The lowest BCUT2D eigenvalue weighted by Crippen LogP contribution is -2.44. The van der Waals surface area contributed by atoms with Crippen LogP contribution in [0.5, 0.6) is 0 Å². The number of nitrogens with one attached hydrogen (secondary N) is 1. The van der Waals surface area contributed by atoms with E-state index in [1.165, 1.54) is 44.9 Å². The molecule has 27 heavy (non-hydrogen) atoms. The predicted octanol–water partition coefficient (Wildman–Crippen LogP) is 3.39. The van der Waals surface area contributed by atoms with E-state index in [2.05, 4.69) is 5.32 Å². The van der Waals surface area contributed by atoms with Crippen LogP contribution in [0.2, 0.25) is 0 Å². The molecule has 5 heteroatoms. The van der Waals surface area contributed by atoms with E-state index in [9.17, 15) is 9.59 Å². The van der Waals surface area contributed by atoms with Crippen LogP contribution in [0.15, 0.2) is 0 Å². The number of ketones is 1. The zero-order valence-corrected chi connectivity index (χ0v) is 16.5. The highest BCUT2D eigenvalue weighted by Gasteiger charge is 2.49. The molecule has 2 saturated heterocycles. The number of hydrogen-bond donors (Lipinski definition) is 1. The van der Waals surface area contributed by atoms with Gasteiger partial charge in [0, 0.05) is 24.7 Å². The highest BCUT2D eigenvalue weighted by Crippen LogP contribution is 2.35. The van der Waals surface area contributed by atoms with E-state index < -0.39 is 0 Å². The molecule has 1 N–H and O–H groups in total. The van der Waals surface area contributed by atoms with Crippen molar-refractivity contribution in [3.63, 3.8) is 0 Å². The molecule has 0 aromatic carbocycles. The van der Waals surface area contributed by atoms with Crippen LogP contribution in [0.25, 0.3) is 0 Å². The number of carbonyl (C=O) groups excluding carboxylic acids is 2. The molecule has 152 valence electrons. The fourth-order valence-corrected chi connectivity index (χ4v) is 5.15. The molecule has 2 saturated carbocycles. The third kappa shape index (κ3) is 5.11. The first-order valence-electron chi connectivity index (χ1n) is 11.3. The van der Waals surface area contributed by atoms with E-state index in [1.54, 1.807) is 0 Å². The van der Waals surface area contributed by atoms with Crippen molar-refractivity contribution in [3.8, 4) is 0 Å². The lowest BCUT2D eigenvalue weighted by Gasteiger charge is -2.21. The number of carbonyl (C=O) groups is 2. The standard InChI is InChI=1S/C22H35NO4/c24-18(9-5-4-8-15-6-2-1-3-7-15)12-17-13-26-21-19(14-27-20(17)21)23-22(25)16-10-11-16/h15-17,19-21H,1-14H2,(H,23,25)/t17-,19-,20+,21+/m0/s1. The smallest absolute Gasteiger partial charge is 0.223 e. The van der Waals surface area contributed by atoms with E-state index in [-0.39, 0.29) is 36.0 Å². The Kier molecular flexibility index (Phi) is 6.49. The van der Waals surface area contributed by atoms with Gasteiger partial charge in [-0.2, -0.15) is 0 Å². The first-order valence-corrected chi connectivity index (χ1v) is 11.3. The molecule has 0 spiro atoms. The molecule has 4 aliphatic rings. The Morgan fingerprint density at radius 2 is 1.67 bits per heavy atom. The van der Waals surface area contributed by atoms with Gasteiger partial charge in [0.1, 0.15) is 11.9 Å². The minimum absolute atomic E-state index is 0.0271.